The molecule has 0 saturated heterocycles. The van der Waals surface area contributed by atoms with Gasteiger partial charge >= 0.3 is 11.9 Å². The van der Waals surface area contributed by atoms with Crippen LogP contribution in [0.1, 0.15) is 37.5 Å². The molecular weight excluding hydrogens is 592 g/mol. The standard InChI is InChI=1S/C41H33ClO4/c1-6-36(43)45-22-41(23-46-37(44)7-2)34-20-25(11-15-31(34)32-17-13-29(42)21-35(32)41)30-14-10-24-8-9-26-18-28(40(3,4)5)19-27-12-16-33(30)39(24)38(26)27/h6-21H,1-2,22-23H2,3-5H3. The molecule has 0 aliphatic heterocycles. The van der Waals surface area contributed by atoms with Crippen LogP contribution in [0.3, 0.4) is 0 Å². The van der Waals surface area contributed by atoms with Crippen molar-refractivity contribution >= 4 is 55.9 Å². The summed E-state index contributed by atoms with van der Waals surface area (Å²) < 4.78 is 11.4. The van der Waals surface area contributed by atoms with Crippen molar-refractivity contribution in [2.24, 2.45) is 0 Å². The third-order valence-electron chi connectivity index (χ3n) is 9.35. The number of benzene rings is 6. The number of ether oxygens (including phenoxy) is 2. The Bertz CT molecular complexity index is 2190. The smallest absolute Gasteiger partial charge is 0.330 e. The number of hydrogen-bond acceptors (Lipinski definition) is 4. The fourth-order valence-electron chi connectivity index (χ4n) is 7.00. The maximum atomic E-state index is 12.4. The Morgan fingerprint density at radius 3 is 1.87 bits per heavy atom. The topological polar surface area (TPSA) is 52.6 Å². The molecule has 6 aromatic carbocycles. The first-order chi connectivity index (χ1) is 22.0. The van der Waals surface area contributed by atoms with Crippen molar-refractivity contribution < 1.29 is 19.1 Å². The van der Waals surface area contributed by atoms with Crippen LogP contribution < -0.4 is 0 Å². The van der Waals surface area contributed by atoms with Crippen molar-refractivity contribution in [2.75, 3.05) is 13.2 Å². The second-order valence-corrected chi connectivity index (χ2v) is 13.5. The lowest BCUT2D eigenvalue weighted by Crippen LogP contribution is -2.38. The van der Waals surface area contributed by atoms with E-state index in [0.717, 1.165) is 50.9 Å². The number of carbonyl (C=O) groups excluding carboxylic acids is 2. The third kappa shape index (κ3) is 4.67. The molecule has 0 unspecified atom stereocenters. The van der Waals surface area contributed by atoms with Gasteiger partial charge in [0.15, 0.2) is 0 Å². The zero-order valence-electron chi connectivity index (χ0n) is 26.1. The van der Waals surface area contributed by atoms with Gasteiger partial charge in [-0.1, -0.05) is 112 Å². The van der Waals surface area contributed by atoms with Crippen LogP contribution in [-0.2, 0) is 29.9 Å². The van der Waals surface area contributed by atoms with Gasteiger partial charge in [-0.2, -0.15) is 0 Å². The largest absolute Gasteiger partial charge is 0.461 e. The zero-order chi connectivity index (χ0) is 32.4. The van der Waals surface area contributed by atoms with Gasteiger partial charge in [0, 0.05) is 17.2 Å². The van der Waals surface area contributed by atoms with Crippen molar-refractivity contribution in [3.63, 3.8) is 0 Å². The van der Waals surface area contributed by atoms with E-state index < -0.39 is 17.4 Å². The average Bonchev–Trinajstić information content (AvgIpc) is 3.32. The molecule has 5 heteroatoms. The van der Waals surface area contributed by atoms with Crippen LogP contribution in [0.15, 0.2) is 110 Å². The molecule has 0 amide bonds. The minimum atomic E-state index is -1.00. The number of rotatable bonds is 7. The van der Waals surface area contributed by atoms with Crippen LogP contribution in [0, 0.1) is 0 Å². The summed E-state index contributed by atoms with van der Waals surface area (Å²) in [5, 5.41) is 7.81. The highest BCUT2D eigenvalue weighted by molar-refractivity contribution is 6.31. The molecule has 1 aliphatic carbocycles. The average molecular weight is 625 g/mol. The fraction of sp³-hybridized carbons (Fsp3) is 0.171. The van der Waals surface area contributed by atoms with E-state index in [1.54, 1.807) is 0 Å². The molecule has 1 aliphatic rings. The molecule has 0 heterocycles. The summed E-state index contributed by atoms with van der Waals surface area (Å²) in [5.41, 5.74) is 6.04. The Balaban J connectivity index is 1.45. The van der Waals surface area contributed by atoms with Crippen molar-refractivity contribution in [3.05, 3.63) is 132 Å². The molecule has 228 valence electrons. The second-order valence-electron chi connectivity index (χ2n) is 13.1. The van der Waals surface area contributed by atoms with Gasteiger partial charge in [-0.15, -0.1) is 0 Å². The highest BCUT2D eigenvalue weighted by atomic mass is 35.5. The van der Waals surface area contributed by atoms with Crippen molar-refractivity contribution in [1.29, 1.82) is 0 Å². The van der Waals surface area contributed by atoms with Crippen molar-refractivity contribution in [1.82, 2.24) is 0 Å². The van der Waals surface area contributed by atoms with E-state index in [0.29, 0.717) is 5.02 Å². The summed E-state index contributed by atoms with van der Waals surface area (Å²) in [6, 6.07) is 29.9. The third-order valence-corrected chi connectivity index (χ3v) is 9.59. The normalized spacial score (nSPS) is 13.5. The lowest BCUT2D eigenvalue weighted by Gasteiger charge is -2.31. The molecule has 0 aromatic heterocycles. The van der Waals surface area contributed by atoms with Crippen LogP contribution in [0.5, 0.6) is 0 Å². The molecule has 0 fully saturated rings. The van der Waals surface area contributed by atoms with Crippen LogP contribution in [0.4, 0.5) is 0 Å². The van der Waals surface area contributed by atoms with Crippen LogP contribution in [0.25, 0.3) is 54.6 Å². The predicted molar refractivity (Wildman–Crippen MR) is 188 cm³/mol. The lowest BCUT2D eigenvalue weighted by atomic mass is 9.78. The SMILES string of the molecule is C=CC(=O)OCC1(COC(=O)C=C)c2cc(Cl)ccc2-c2ccc(-c3ccc4ccc5cc(C(C)(C)C)cc6ccc3c4c56)cc21. The van der Waals surface area contributed by atoms with Gasteiger partial charge in [-0.05, 0) is 94.9 Å². The number of fused-ring (bicyclic) bond motifs is 3. The minimum Gasteiger partial charge on any atom is -0.461 e. The van der Waals surface area contributed by atoms with Gasteiger partial charge < -0.3 is 9.47 Å². The molecule has 0 atom stereocenters. The molecular formula is C41H33ClO4. The maximum Gasteiger partial charge on any atom is 0.330 e. The van der Waals surface area contributed by atoms with Gasteiger partial charge in [0.05, 0.1) is 5.41 Å². The Labute approximate surface area is 273 Å². The molecule has 0 saturated carbocycles. The summed E-state index contributed by atoms with van der Waals surface area (Å²) in [7, 11) is 0. The van der Waals surface area contributed by atoms with Crippen LogP contribution >= 0.6 is 11.6 Å². The minimum absolute atomic E-state index is 0.0360. The van der Waals surface area contributed by atoms with E-state index in [1.807, 2.05) is 18.2 Å². The molecule has 7 rings (SSSR count). The first-order valence-corrected chi connectivity index (χ1v) is 15.7. The summed E-state index contributed by atoms with van der Waals surface area (Å²) in [5.74, 6) is -1.13. The van der Waals surface area contributed by atoms with E-state index in [1.165, 1.54) is 32.5 Å². The number of hydrogen-bond donors (Lipinski definition) is 0. The Morgan fingerprint density at radius 1 is 0.696 bits per heavy atom. The molecule has 0 bridgehead atoms. The summed E-state index contributed by atoms with van der Waals surface area (Å²) >= 11 is 6.53. The highest BCUT2D eigenvalue weighted by Gasteiger charge is 2.46. The van der Waals surface area contributed by atoms with E-state index in [2.05, 4.69) is 101 Å². The Kier molecular flexibility index (Phi) is 7.02. The van der Waals surface area contributed by atoms with E-state index in [9.17, 15) is 9.59 Å². The zero-order valence-corrected chi connectivity index (χ0v) is 26.8. The monoisotopic (exact) mass is 624 g/mol. The van der Waals surface area contributed by atoms with E-state index in [-0.39, 0.29) is 18.6 Å². The van der Waals surface area contributed by atoms with Gasteiger partial charge in [-0.3, -0.25) is 0 Å². The summed E-state index contributed by atoms with van der Waals surface area (Å²) in [4.78, 5) is 24.8. The van der Waals surface area contributed by atoms with E-state index in [4.69, 9.17) is 21.1 Å². The number of esters is 2. The van der Waals surface area contributed by atoms with Gasteiger partial charge in [0.1, 0.15) is 13.2 Å². The van der Waals surface area contributed by atoms with Gasteiger partial charge in [0.2, 0.25) is 0 Å². The summed E-state index contributed by atoms with van der Waals surface area (Å²) in [6.07, 6.45) is 2.26. The van der Waals surface area contributed by atoms with Gasteiger partial charge in [0.25, 0.3) is 0 Å². The molecule has 4 nitrogen and oxygen atoms in total. The first kappa shape index (κ1) is 29.8. The maximum absolute atomic E-state index is 12.4. The second kappa shape index (κ2) is 10.9. The first-order valence-electron chi connectivity index (χ1n) is 15.3. The lowest BCUT2D eigenvalue weighted by molar-refractivity contribution is -0.143. The Morgan fingerprint density at radius 2 is 1.24 bits per heavy atom. The fourth-order valence-corrected chi connectivity index (χ4v) is 7.17. The molecule has 0 spiro atoms. The number of halogens is 1. The van der Waals surface area contributed by atoms with Gasteiger partial charge in [-0.25, -0.2) is 9.59 Å². The highest BCUT2D eigenvalue weighted by Crippen LogP contribution is 2.52. The molecule has 6 aromatic rings. The number of carbonyl (C=O) groups is 2. The van der Waals surface area contributed by atoms with Crippen molar-refractivity contribution in [3.8, 4) is 22.3 Å². The summed E-state index contributed by atoms with van der Waals surface area (Å²) in [6.45, 7) is 13.7. The van der Waals surface area contributed by atoms with Crippen molar-refractivity contribution in [2.45, 2.75) is 31.6 Å². The molecule has 0 radical (unpaired) electrons. The van der Waals surface area contributed by atoms with Crippen LogP contribution in [0.2, 0.25) is 5.02 Å². The molecule has 0 N–H and O–H groups in total. The predicted octanol–water partition coefficient (Wildman–Crippen LogP) is 9.93. The van der Waals surface area contributed by atoms with Crippen LogP contribution in [-0.4, -0.2) is 25.2 Å². The molecule has 46 heavy (non-hydrogen) atoms. The quantitative estimate of drug-likeness (QED) is 0.101. The van der Waals surface area contributed by atoms with E-state index >= 15 is 0 Å². The Hall–Kier alpha value is -4.93.